The molecule has 0 spiro atoms. The fraction of sp³-hybridized carbons (Fsp3) is 0.583. The molecular weight excluding hydrogens is 193 g/mol. The zero-order valence-electron chi connectivity index (χ0n) is 9.59. The van der Waals surface area contributed by atoms with Gasteiger partial charge >= 0.3 is 0 Å². The average molecular weight is 211 g/mol. The van der Waals surface area contributed by atoms with Gasteiger partial charge in [-0.15, -0.1) is 0 Å². The molecule has 0 N–H and O–H groups in total. The van der Waals surface area contributed by atoms with Crippen molar-refractivity contribution in [1.29, 1.82) is 0 Å². The first-order valence-corrected chi connectivity index (χ1v) is 5.22. The Labute approximate surface area is 90.5 Å². The van der Waals surface area contributed by atoms with E-state index in [0.29, 0.717) is 17.8 Å². The standard InChI is InChI=1S/C12H18FNO/c1-12(2,3)6-4-8-15-10-5-7-14-11(13)9-10/h5,7,9H,4,6,8H2,1-3H3. The maximum Gasteiger partial charge on any atom is 0.216 e. The summed E-state index contributed by atoms with van der Waals surface area (Å²) in [5, 5.41) is 0. The van der Waals surface area contributed by atoms with E-state index >= 15 is 0 Å². The highest BCUT2D eigenvalue weighted by molar-refractivity contribution is 5.17. The SMILES string of the molecule is CC(C)(C)CCCOc1ccnc(F)c1. The topological polar surface area (TPSA) is 22.1 Å². The first-order chi connectivity index (χ1) is 6.97. The Bertz CT molecular complexity index is 307. The lowest BCUT2D eigenvalue weighted by Gasteiger charge is -2.17. The molecular formula is C12H18FNO. The smallest absolute Gasteiger partial charge is 0.216 e. The third-order valence-electron chi connectivity index (χ3n) is 2.04. The number of halogens is 1. The van der Waals surface area contributed by atoms with E-state index < -0.39 is 5.95 Å². The maximum absolute atomic E-state index is 12.7. The molecule has 0 aliphatic heterocycles. The van der Waals surface area contributed by atoms with Crippen molar-refractivity contribution in [3.63, 3.8) is 0 Å². The van der Waals surface area contributed by atoms with Gasteiger partial charge in [-0.1, -0.05) is 20.8 Å². The number of rotatable bonds is 4. The number of nitrogens with zero attached hydrogens (tertiary/aromatic N) is 1. The van der Waals surface area contributed by atoms with Crippen LogP contribution in [0.4, 0.5) is 4.39 Å². The van der Waals surface area contributed by atoms with Gasteiger partial charge in [-0.05, 0) is 24.3 Å². The molecule has 0 fully saturated rings. The van der Waals surface area contributed by atoms with Crippen LogP contribution < -0.4 is 4.74 Å². The van der Waals surface area contributed by atoms with Crippen LogP contribution in [0.1, 0.15) is 33.6 Å². The average Bonchev–Trinajstić information content (AvgIpc) is 2.11. The molecule has 2 nitrogen and oxygen atoms in total. The Hall–Kier alpha value is -1.12. The first-order valence-electron chi connectivity index (χ1n) is 5.22. The minimum Gasteiger partial charge on any atom is -0.493 e. The highest BCUT2D eigenvalue weighted by Crippen LogP contribution is 2.20. The lowest BCUT2D eigenvalue weighted by Crippen LogP contribution is -2.08. The Morgan fingerprint density at radius 3 is 2.73 bits per heavy atom. The third-order valence-corrected chi connectivity index (χ3v) is 2.04. The molecule has 84 valence electrons. The van der Waals surface area contributed by atoms with E-state index in [1.165, 1.54) is 12.3 Å². The van der Waals surface area contributed by atoms with Crippen LogP contribution in [0.5, 0.6) is 5.75 Å². The molecule has 0 unspecified atom stereocenters. The van der Waals surface area contributed by atoms with Gasteiger partial charge in [0.05, 0.1) is 6.61 Å². The summed E-state index contributed by atoms with van der Waals surface area (Å²) in [6.45, 7) is 7.21. The molecule has 0 atom stereocenters. The van der Waals surface area contributed by atoms with Crippen LogP contribution in [0.2, 0.25) is 0 Å². The normalized spacial score (nSPS) is 11.5. The molecule has 1 heterocycles. The largest absolute Gasteiger partial charge is 0.493 e. The quantitative estimate of drug-likeness (QED) is 0.562. The minimum atomic E-state index is -0.497. The van der Waals surface area contributed by atoms with Crippen LogP contribution in [0.3, 0.4) is 0 Å². The van der Waals surface area contributed by atoms with Crippen molar-refractivity contribution in [1.82, 2.24) is 4.98 Å². The fourth-order valence-electron chi connectivity index (χ4n) is 1.27. The summed E-state index contributed by atoms with van der Waals surface area (Å²) in [6.07, 6.45) is 3.49. The molecule has 0 saturated heterocycles. The van der Waals surface area contributed by atoms with Gasteiger partial charge in [0.15, 0.2) is 0 Å². The Kier molecular flexibility index (Phi) is 4.06. The molecule has 0 saturated carbocycles. The molecule has 0 aliphatic rings. The zero-order chi connectivity index (χ0) is 11.3. The van der Waals surface area contributed by atoms with Crippen molar-refractivity contribution < 1.29 is 9.13 Å². The fourth-order valence-corrected chi connectivity index (χ4v) is 1.27. The first kappa shape index (κ1) is 12.0. The maximum atomic E-state index is 12.7. The van der Waals surface area contributed by atoms with Crippen molar-refractivity contribution in [2.45, 2.75) is 33.6 Å². The van der Waals surface area contributed by atoms with Gasteiger partial charge in [0.25, 0.3) is 0 Å². The lowest BCUT2D eigenvalue weighted by molar-refractivity contribution is 0.268. The van der Waals surface area contributed by atoms with E-state index in [0.717, 1.165) is 12.8 Å². The van der Waals surface area contributed by atoms with E-state index in [4.69, 9.17) is 4.74 Å². The predicted octanol–water partition coefficient (Wildman–Crippen LogP) is 3.43. The molecule has 0 aliphatic carbocycles. The predicted molar refractivity (Wildman–Crippen MR) is 58.4 cm³/mol. The van der Waals surface area contributed by atoms with Gasteiger partial charge in [0, 0.05) is 12.3 Å². The van der Waals surface area contributed by atoms with Gasteiger partial charge < -0.3 is 4.74 Å². The second kappa shape index (κ2) is 5.10. The molecule has 1 rings (SSSR count). The van der Waals surface area contributed by atoms with E-state index in [-0.39, 0.29) is 0 Å². The molecule has 15 heavy (non-hydrogen) atoms. The highest BCUT2D eigenvalue weighted by atomic mass is 19.1. The Balaban J connectivity index is 2.26. The van der Waals surface area contributed by atoms with E-state index in [1.54, 1.807) is 6.07 Å². The molecule has 0 aromatic carbocycles. The molecule has 3 heteroatoms. The Morgan fingerprint density at radius 1 is 1.40 bits per heavy atom. The van der Waals surface area contributed by atoms with E-state index in [2.05, 4.69) is 25.8 Å². The second-order valence-electron chi connectivity index (χ2n) is 4.83. The number of hydrogen-bond acceptors (Lipinski definition) is 2. The summed E-state index contributed by atoms with van der Waals surface area (Å²) in [6, 6.07) is 2.97. The van der Waals surface area contributed by atoms with Crippen LogP contribution in [0.15, 0.2) is 18.3 Å². The number of aromatic nitrogens is 1. The van der Waals surface area contributed by atoms with Crippen molar-refractivity contribution in [3.05, 3.63) is 24.3 Å². The van der Waals surface area contributed by atoms with Crippen molar-refractivity contribution in [2.75, 3.05) is 6.61 Å². The van der Waals surface area contributed by atoms with Crippen LogP contribution in [-0.2, 0) is 0 Å². The highest BCUT2D eigenvalue weighted by Gasteiger charge is 2.09. The summed E-state index contributed by atoms with van der Waals surface area (Å²) in [4.78, 5) is 3.46. The molecule has 1 aromatic heterocycles. The van der Waals surface area contributed by atoms with Crippen molar-refractivity contribution >= 4 is 0 Å². The van der Waals surface area contributed by atoms with Gasteiger partial charge in [-0.25, -0.2) is 4.98 Å². The van der Waals surface area contributed by atoms with Gasteiger partial charge in [-0.3, -0.25) is 0 Å². The summed E-state index contributed by atoms with van der Waals surface area (Å²) in [5.41, 5.74) is 0.326. The lowest BCUT2D eigenvalue weighted by atomic mass is 9.91. The van der Waals surface area contributed by atoms with Crippen molar-refractivity contribution in [2.24, 2.45) is 5.41 Å². The van der Waals surface area contributed by atoms with Gasteiger partial charge in [0.2, 0.25) is 5.95 Å². The summed E-state index contributed by atoms with van der Waals surface area (Å²) >= 11 is 0. The van der Waals surface area contributed by atoms with Gasteiger partial charge in [0.1, 0.15) is 5.75 Å². The third kappa shape index (κ3) is 5.35. The molecule has 0 radical (unpaired) electrons. The zero-order valence-corrected chi connectivity index (χ0v) is 9.59. The molecule has 1 aromatic rings. The summed E-state index contributed by atoms with van der Waals surface area (Å²) in [7, 11) is 0. The van der Waals surface area contributed by atoms with Crippen LogP contribution in [0, 0.1) is 11.4 Å². The summed E-state index contributed by atoms with van der Waals surface area (Å²) < 4.78 is 18.1. The molecule has 0 amide bonds. The number of pyridine rings is 1. The van der Waals surface area contributed by atoms with Crippen LogP contribution in [0.25, 0.3) is 0 Å². The van der Waals surface area contributed by atoms with Crippen LogP contribution in [-0.4, -0.2) is 11.6 Å². The number of ether oxygens (including phenoxy) is 1. The monoisotopic (exact) mass is 211 g/mol. The summed E-state index contributed by atoms with van der Waals surface area (Å²) in [5.74, 6) is 0.0553. The van der Waals surface area contributed by atoms with Gasteiger partial charge in [-0.2, -0.15) is 4.39 Å². The molecule has 0 bridgehead atoms. The van der Waals surface area contributed by atoms with E-state index in [9.17, 15) is 4.39 Å². The Morgan fingerprint density at radius 2 is 2.13 bits per heavy atom. The van der Waals surface area contributed by atoms with E-state index in [1.807, 2.05) is 0 Å². The van der Waals surface area contributed by atoms with Crippen LogP contribution >= 0.6 is 0 Å². The number of hydrogen-bond donors (Lipinski definition) is 0. The second-order valence-corrected chi connectivity index (χ2v) is 4.83. The van der Waals surface area contributed by atoms with Crippen molar-refractivity contribution in [3.8, 4) is 5.75 Å². The minimum absolute atomic E-state index is 0.326.